The molecule has 1 aliphatic heterocycles. The van der Waals surface area contributed by atoms with E-state index < -0.39 is 0 Å². The second-order valence-corrected chi connectivity index (χ2v) is 4.70. The number of hydrogen-bond donors (Lipinski definition) is 2. The molecule has 1 aromatic heterocycles. The Kier molecular flexibility index (Phi) is 4.48. The number of aromatic nitrogens is 1. The van der Waals surface area contributed by atoms with E-state index in [1.807, 2.05) is 12.3 Å². The molecule has 1 fully saturated rings. The standard InChI is InChI=1S/C13H21N3O/c14-8-13(12-2-1-5-15-9-12)16-6-3-11(10-17)4-7-16/h1-2,5,9,11,13,17H,3-4,6-8,10,14H2. The molecule has 2 heterocycles. The smallest absolute Gasteiger partial charge is 0.0485 e. The zero-order valence-corrected chi connectivity index (χ0v) is 10.1. The molecule has 0 radical (unpaired) electrons. The van der Waals surface area contributed by atoms with Crippen molar-refractivity contribution in [3.63, 3.8) is 0 Å². The zero-order valence-electron chi connectivity index (χ0n) is 10.1. The summed E-state index contributed by atoms with van der Waals surface area (Å²) in [5, 5.41) is 9.14. The summed E-state index contributed by atoms with van der Waals surface area (Å²) < 4.78 is 0. The van der Waals surface area contributed by atoms with E-state index >= 15 is 0 Å². The maximum absolute atomic E-state index is 9.14. The number of rotatable bonds is 4. The Balaban J connectivity index is 2.00. The highest BCUT2D eigenvalue weighted by atomic mass is 16.3. The molecular formula is C13H21N3O. The zero-order chi connectivity index (χ0) is 12.1. The monoisotopic (exact) mass is 235 g/mol. The van der Waals surface area contributed by atoms with Crippen molar-refractivity contribution in [2.75, 3.05) is 26.2 Å². The molecule has 0 amide bonds. The summed E-state index contributed by atoms with van der Waals surface area (Å²) in [5.41, 5.74) is 7.08. The van der Waals surface area contributed by atoms with Gasteiger partial charge in [-0.15, -0.1) is 0 Å². The van der Waals surface area contributed by atoms with Crippen molar-refractivity contribution in [2.45, 2.75) is 18.9 Å². The van der Waals surface area contributed by atoms with Crippen LogP contribution >= 0.6 is 0 Å². The van der Waals surface area contributed by atoms with Crippen LogP contribution in [-0.4, -0.2) is 41.2 Å². The van der Waals surface area contributed by atoms with Gasteiger partial charge in [0.15, 0.2) is 0 Å². The largest absolute Gasteiger partial charge is 0.396 e. The van der Waals surface area contributed by atoms with Gasteiger partial charge in [-0.1, -0.05) is 6.07 Å². The van der Waals surface area contributed by atoms with Crippen molar-refractivity contribution in [2.24, 2.45) is 11.7 Å². The lowest BCUT2D eigenvalue weighted by molar-refractivity contribution is 0.102. The number of hydrogen-bond acceptors (Lipinski definition) is 4. The normalized spacial score (nSPS) is 20.4. The van der Waals surface area contributed by atoms with Gasteiger partial charge in [0.25, 0.3) is 0 Å². The first-order valence-electron chi connectivity index (χ1n) is 6.30. The lowest BCUT2D eigenvalue weighted by Crippen LogP contribution is -2.40. The third-order valence-corrected chi connectivity index (χ3v) is 3.64. The molecule has 94 valence electrons. The number of likely N-dealkylation sites (tertiary alicyclic amines) is 1. The Morgan fingerprint density at radius 1 is 1.47 bits per heavy atom. The average molecular weight is 235 g/mol. The number of nitrogens with two attached hydrogens (primary N) is 1. The minimum atomic E-state index is 0.267. The van der Waals surface area contributed by atoms with Gasteiger partial charge in [0.2, 0.25) is 0 Å². The first kappa shape index (κ1) is 12.5. The van der Waals surface area contributed by atoms with Gasteiger partial charge >= 0.3 is 0 Å². The average Bonchev–Trinajstić information content (AvgIpc) is 2.42. The van der Waals surface area contributed by atoms with E-state index in [2.05, 4.69) is 16.0 Å². The Morgan fingerprint density at radius 3 is 2.76 bits per heavy atom. The van der Waals surface area contributed by atoms with Crippen LogP contribution in [0.15, 0.2) is 24.5 Å². The molecule has 1 aliphatic rings. The fourth-order valence-electron chi connectivity index (χ4n) is 2.52. The number of pyridine rings is 1. The SMILES string of the molecule is NCC(c1cccnc1)N1CCC(CO)CC1. The van der Waals surface area contributed by atoms with E-state index in [1.54, 1.807) is 6.20 Å². The highest BCUT2D eigenvalue weighted by Crippen LogP contribution is 2.25. The molecule has 1 aromatic rings. The van der Waals surface area contributed by atoms with Gasteiger partial charge in [0.05, 0.1) is 0 Å². The van der Waals surface area contributed by atoms with Gasteiger partial charge in [-0.25, -0.2) is 0 Å². The van der Waals surface area contributed by atoms with Crippen molar-refractivity contribution in [3.8, 4) is 0 Å². The number of aliphatic hydroxyl groups is 1. The quantitative estimate of drug-likeness (QED) is 0.810. The van der Waals surface area contributed by atoms with Gasteiger partial charge < -0.3 is 10.8 Å². The molecule has 17 heavy (non-hydrogen) atoms. The number of piperidine rings is 1. The van der Waals surface area contributed by atoms with Gasteiger partial charge in [-0.05, 0) is 43.5 Å². The maximum atomic E-state index is 9.14. The lowest BCUT2D eigenvalue weighted by atomic mass is 9.95. The van der Waals surface area contributed by atoms with Crippen molar-refractivity contribution < 1.29 is 5.11 Å². The van der Waals surface area contributed by atoms with Crippen LogP contribution in [-0.2, 0) is 0 Å². The summed E-state index contributed by atoms with van der Waals surface area (Å²) in [4.78, 5) is 6.56. The fourth-order valence-corrected chi connectivity index (χ4v) is 2.52. The summed E-state index contributed by atoms with van der Waals surface area (Å²) >= 11 is 0. The molecule has 0 bridgehead atoms. The number of aliphatic hydroxyl groups excluding tert-OH is 1. The van der Waals surface area contributed by atoms with Crippen LogP contribution in [0.2, 0.25) is 0 Å². The van der Waals surface area contributed by atoms with Crippen LogP contribution in [0.4, 0.5) is 0 Å². The van der Waals surface area contributed by atoms with Crippen molar-refractivity contribution in [3.05, 3.63) is 30.1 Å². The summed E-state index contributed by atoms with van der Waals surface area (Å²) in [7, 11) is 0. The Labute approximate surface area is 102 Å². The summed E-state index contributed by atoms with van der Waals surface area (Å²) in [6, 6.07) is 4.31. The van der Waals surface area contributed by atoms with E-state index in [4.69, 9.17) is 10.8 Å². The Morgan fingerprint density at radius 2 is 2.24 bits per heavy atom. The first-order valence-corrected chi connectivity index (χ1v) is 6.30. The van der Waals surface area contributed by atoms with Crippen molar-refractivity contribution >= 4 is 0 Å². The van der Waals surface area contributed by atoms with E-state index in [-0.39, 0.29) is 6.04 Å². The molecule has 4 heteroatoms. The third kappa shape index (κ3) is 3.03. The van der Waals surface area contributed by atoms with Gasteiger partial charge in [-0.3, -0.25) is 9.88 Å². The highest BCUT2D eigenvalue weighted by molar-refractivity contribution is 5.14. The highest BCUT2D eigenvalue weighted by Gasteiger charge is 2.24. The van der Waals surface area contributed by atoms with Crippen LogP contribution in [0.3, 0.4) is 0 Å². The van der Waals surface area contributed by atoms with E-state index in [1.165, 1.54) is 5.56 Å². The molecule has 0 aliphatic carbocycles. The molecule has 1 unspecified atom stereocenters. The minimum Gasteiger partial charge on any atom is -0.396 e. The summed E-state index contributed by atoms with van der Waals surface area (Å²) in [6.45, 7) is 2.97. The topological polar surface area (TPSA) is 62.4 Å². The molecule has 3 N–H and O–H groups in total. The minimum absolute atomic E-state index is 0.267. The van der Waals surface area contributed by atoms with Crippen LogP contribution in [0.25, 0.3) is 0 Å². The number of nitrogens with zero attached hydrogens (tertiary/aromatic N) is 2. The predicted molar refractivity (Wildman–Crippen MR) is 67.4 cm³/mol. The second-order valence-electron chi connectivity index (χ2n) is 4.70. The van der Waals surface area contributed by atoms with Gasteiger partial charge in [0, 0.05) is 31.6 Å². The predicted octanol–water partition coefficient (Wildman–Crippen LogP) is 0.786. The molecular weight excluding hydrogens is 214 g/mol. The van der Waals surface area contributed by atoms with Gasteiger partial charge in [0.1, 0.15) is 0 Å². The summed E-state index contributed by atoms with van der Waals surface area (Å²) in [5.74, 6) is 0.471. The second kappa shape index (κ2) is 6.10. The van der Waals surface area contributed by atoms with Gasteiger partial charge in [-0.2, -0.15) is 0 Å². The molecule has 1 saturated heterocycles. The third-order valence-electron chi connectivity index (χ3n) is 3.64. The van der Waals surface area contributed by atoms with Crippen molar-refractivity contribution in [1.82, 2.24) is 9.88 Å². The lowest BCUT2D eigenvalue weighted by Gasteiger charge is -2.36. The molecule has 0 saturated carbocycles. The molecule has 0 spiro atoms. The van der Waals surface area contributed by atoms with Crippen LogP contribution < -0.4 is 5.73 Å². The van der Waals surface area contributed by atoms with E-state index in [9.17, 15) is 0 Å². The van der Waals surface area contributed by atoms with Crippen LogP contribution in [0.5, 0.6) is 0 Å². The van der Waals surface area contributed by atoms with Crippen LogP contribution in [0.1, 0.15) is 24.4 Å². The fraction of sp³-hybridized carbons (Fsp3) is 0.615. The summed E-state index contributed by atoms with van der Waals surface area (Å²) in [6.07, 6.45) is 5.81. The van der Waals surface area contributed by atoms with E-state index in [0.29, 0.717) is 19.1 Å². The molecule has 1 atom stereocenters. The molecule has 4 nitrogen and oxygen atoms in total. The maximum Gasteiger partial charge on any atom is 0.0485 e. The Bertz CT molecular complexity index is 323. The first-order chi connectivity index (χ1) is 8.35. The van der Waals surface area contributed by atoms with Crippen LogP contribution in [0, 0.1) is 5.92 Å². The molecule has 0 aromatic carbocycles. The van der Waals surface area contributed by atoms with Crippen molar-refractivity contribution in [1.29, 1.82) is 0 Å². The Hall–Kier alpha value is -0.970. The van der Waals surface area contributed by atoms with E-state index in [0.717, 1.165) is 25.9 Å². The molecule has 2 rings (SSSR count).